The fourth-order valence-corrected chi connectivity index (χ4v) is 3.15. The molecule has 0 aromatic heterocycles. The van der Waals surface area contributed by atoms with Crippen LogP contribution in [-0.4, -0.2) is 0 Å². The first-order chi connectivity index (χ1) is 10.1. The summed E-state index contributed by atoms with van der Waals surface area (Å²) in [4.78, 5) is -0.0971. The molecule has 1 atom stereocenters. The third kappa shape index (κ3) is 3.70. The molecule has 0 bridgehead atoms. The molecule has 21 heavy (non-hydrogen) atoms. The van der Waals surface area contributed by atoms with Crippen LogP contribution in [0.4, 0.5) is 8.78 Å². The minimum Gasteiger partial charge on any atom is -0.207 e. The van der Waals surface area contributed by atoms with Gasteiger partial charge < -0.3 is 0 Å². The van der Waals surface area contributed by atoms with Crippen molar-refractivity contribution in [3.8, 4) is 0 Å². The van der Waals surface area contributed by atoms with Gasteiger partial charge in [-0.3, -0.25) is 0 Å². The van der Waals surface area contributed by atoms with Crippen molar-refractivity contribution < 1.29 is 8.78 Å². The molecule has 0 amide bonds. The van der Waals surface area contributed by atoms with Gasteiger partial charge in [-0.05, 0) is 48.1 Å². The lowest BCUT2D eigenvalue weighted by molar-refractivity contribution is 0.554. The average molecular weight is 353 g/mol. The van der Waals surface area contributed by atoms with Crippen LogP contribution < -0.4 is 0 Å². The minimum atomic E-state index is -0.486. The highest BCUT2D eigenvalue weighted by Gasteiger charge is 2.16. The third-order valence-electron chi connectivity index (χ3n) is 3.80. The van der Waals surface area contributed by atoms with Gasteiger partial charge in [-0.2, -0.15) is 0 Å². The first-order valence-corrected chi connectivity index (χ1v) is 8.17. The normalized spacial score (nSPS) is 12.4. The maximum atomic E-state index is 13.7. The molecule has 0 aliphatic rings. The molecule has 0 aliphatic carbocycles. The van der Waals surface area contributed by atoms with Gasteiger partial charge in [-0.15, -0.1) is 0 Å². The van der Waals surface area contributed by atoms with E-state index in [0.717, 1.165) is 18.4 Å². The summed E-state index contributed by atoms with van der Waals surface area (Å²) in [7, 11) is 0. The predicted octanol–water partition coefficient (Wildman–Crippen LogP) is 5.77. The smallest absolute Gasteiger partial charge is 0.129 e. The van der Waals surface area contributed by atoms with Gasteiger partial charge in [0.05, 0.1) is 0 Å². The molecule has 0 saturated heterocycles. The molecule has 2 aromatic carbocycles. The third-order valence-corrected chi connectivity index (χ3v) is 4.65. The Labute approximate surface area is 133 Å². The van der Waals surface area contributed by atoms with Crippen LogP contribution in [0.2, 0.25) is 0 Å². The molecular weight excluding hydrogens is 334 g/mol. The van der Waals surface area contributed by atoms with Crippen LogP contribution in [0.15, 0.2) is 36.4 Å². The predicted molar refractivity (Wildman–Crippen MR) is 86.9 cm³/mol. The van der Waals surface area contributed by atoms with Gasteiger partial charge in [0.2, 0.25) is 0 Å². The highest BCUT2D eigenvalue weighted by Crippen LogP contribution is 2.30. The summed E-state index contributed by atoms with van der Waals surface area (Å²) >= 11 is 3.57. The molecule has 0 spiro atoms. The van der Waals surface area contributed by atoms with Crippen LogP contribution in [0, 0.1) is 11.6 Å². The van der Waals surface area contributed by atoms with Gasteiger partial charge in [0, 0.05) is 10.4 Å². The van der Waals surface area contributed by atoms with E-state index in [0.29, 0.717) is 6.42 Å². The van der Waals surface area contributed by atoms with Crippen molar-refractivity contribution in [1.29, 1.82) is 0 Å². The Hall–Kier alpha value is -1.22. The van der Waals surface area contributed by atoms with Crippen LogP contribution >= 0.6 is 15.9 Å². The van der Waals surface area contributed by atoms with Gasteiger partial charge in [0.25, 0.3) is 0 Å². The van der Waals surface area contributed by atoms with Crippen LogP contribution in [-0.2, 0) is 19.3 Å². The zero-order valence-corrected chi connectivity index (χ0v) is 13.9. The lowest BCUT2D eigenvalue weighted by Gasteiger charge is -2.15. The lowest BCUT2D eigenvalue weighted by atomic mass is 9.96. The first kappa shape index (κ1) is 16.2. The highest BCUT2D eigenvalue weighted by atomic mass is 79.9. The number of rotatable bonds is 5. The molecule has 2 aromatic rings. The van der Waals surface area contributed by atoms with Gasteiger partial charge >= 0.3 is 0 Å². The fraction of sp³-hybridized carbons (Fsp3) is 0.333. The highest BCUT2D eigenvalue weighted by molar-refractivity contribution is 9.09. The average Bonchev–Trinajstić information content (AvgIpc) is 2.50. The standard InChI is InChI=1S/C18H19BrF2/c1-3-12-8-9-14(10-13(12)4-2)16(19)11-15-17(20)6-5-7-18(15)21/h5-10,16H,3-4,11H2,1-2H3. The number of aryl methyl sites for hydroxylation is 2. The van der Waals surface area contributed by atoms with Gasteiger partial charge in [0.1, 0.15) is 11.6 Å². The molecule has 0 nitrogen and oxygen atoms in total. The summed E-state index contributed by atoms with van der Waals surface area (Å²) in [6.07, 6.45) is 2.26. The summed E-state index contributed by atoms with van der Waals surface area (Å²) < 4.78 is 27.5. The van der Waals surface area contributed by atoms with Gasteiger partial charge in [0.15, 0.2) is 0 Å². The molecular formula is C18H19BrF2. The zero-order chi connectivity index (χ0) is 15.4. The molecule has 2 rings (SSSR count). The molecule has 0 heterocycles. The summed E-state index contributed by atoms with van der Waals surface area (Å²) in [5, 5.41) is 0. The summed E-state index contributed by atoms with van der Waals surface area (Å²) in [5.41, 5.74) is 3.83. The molecule has 0 radical (unpaired) electrons. The second-order valence-corrected chi connectivity index (χ2v) is 6.21. The van der Waals surface area contributed by atoms with E-state index in [1.807, 2.05) is 6.07 Å². The van der Waals surface area contributed by atoms with Crippen LogP contribution in [0.3, 0.4) is 0 Å². The molecule has 0 N–H and O–H groups in total. The Bertz CT molecular complexity index is 602. The summed E-state index contributed by atoms with van der Waals surface area (Å²) in [6, 6.07) is 10.3. The maximum absolute atomic E-state index is 13.7. The van der Waals surface area contributed by atoms with E-state index in [9.17, 15) is 8.78 Å². The lowest BCUT2D eigenvalue weighted by Crippen LogP contribution is -2.02. The second-order valence-electron chi connectivity index (χ2n) is 5.11. The van der Waals surface area contributed by atoms with Crippen LogP contribution in [0.25, 0.3) is 0 Å². The van der Waals surface area contributed by atoms with Crippen molar-refractivity contribution in [2.75, 3.05) is 0 Å². The Balaban J connectivity index is 2.26. The maximum Gasteiger partial charge on any atom is 0.129 e. The number of halogens is 3. The van der Waals surface area contributed by atoms with E-state index < -0.39 is 11.6 Å². The topological polar surface area (TPSA) is 0 Å². The SMILES string of the molecule is CCc1ccc(C(Br)Cc2c(F)cccc2F)cc1CC. The van der Waals surface area contributed by atoms with Gasteiger partial charge in [-0.1, -0.05) is 54.0 Å². The van der Waals surface area contributed by atoms with Crippen molar-refractivity contribution in [3.05, 3.63) is 70.3 Å². The van der Waals surface area contributed by atoms with Crippen molar-refractivity contribution in [2.24, 2.45) is 0 Å². The van der Waals surface area contributed by atoms with Crippen molar-refractivity contribution in [1.82, 2.24) is 0 Å². The van der Waals surface area contributed by atoms with E-state index in [1.165, 1.54) is 29.3 Å². The molecule has 0 aliphatic heterocycles. The Kier molecular flexibility index (Phi) is 5.51. The number of hydrogen-bond acceptors (Lipinski definition) is 0. The Morgan fingerprint density at radius 2 is 1.57 bits per heavy atom. The molecule has 3 heteroatoms. The number of hydrogen-bond donors (Lipinski definition) is 0. The molecule has 0 saturated carbocycles. The van der Waals surface area contributed by atoms with Crippen molar-refractivity contribution >= 4 is 15.9 Å². The first-order valence-electron chi connectivity index (χ1n) is 7.25. The fourth-order valence-electron chi connectivity index (χ4n) is 2.54. The largest absolute Gasteiger partial charge is 0.207 e. The summed E-state index contributed by atoms with van der Waals surface area (Å²) in [5.74, 6) is -0.972. The number of alkyl halides is 1. The van der Waals surface area contributed by atoms with Crippen molar-refractivity contribution in [2.45, 2.75) is 37.9 Å². The van der Waals surface area contributed by atoms with E-state index in [-0.39, 0.29) is 10.4 Å². The van der Waals surface area contributed by atoms with Crippen LogP contribution in [0.5, 0.6) is 0 Å². The Morgan fingerprint density at radius 1 is 0.952 bits per heavy atom. The molecule has 1 unspecified atom stereocenters. The summed E-state index contributed by atoms with van der Waals surface area (Å²) in [6.45, 7) is 4.26. The minimum absolute atomic E-state index is 0.0971. The second kappa shape index (κ2) is 7.17. The van der Waals surface area contributed by atoms with E-state index >= 15 is 0 Å². The van der Waals surface area contributed by atoms with E-state index in [4.69, 9.17) is 0 Å². The quantitative estimate of drug-likeness (QED) is 0.599. The zero-order valence-electron chi connectivity index (χ0n) is 12.3. The molecule has 112 valence electrons. The Morgan fingerprint density at radius 3 is 2.14 bits per heavy atom. The van der Waals surface area contributed by atoms with E-state index in [2.05, 4.69) is 41.9 Å². The number of benzene rings is 2. The van der Waals surface area contributed by atoms with Crippen molar-refractivity contribution in [3.63, 3.8) is 0 Å². The van der Waals surface area contributed by atoms with Gasteiger partial charge in [-0.25, -0.2) is 8.78 Å². The monoisotopic (exact) mass is 352 g/mol. The van der Waals surface area contributed by atoms with Crippen LogP contribution in [0.1, 0.15) is 40.9 Å². The van der Waals surface area contributed by atoms with E-state index in [1.54, 1.807) is 0 Å². The molecule has 0 fully saturated rings.